The van der Waals surface area contributed by atoms with Gasteiger partial charge in [0.15, 0.2) is 0 Å². The standard InChI is InChI=1S/C19H21N5O5S/c1-26-12-5-7-16(28-3)14(9-12)20-18(25)11-30-19-21-22-23-24(19)15-10-13(27-2)6-8-17(15)29-4/h5-10H,11H2,1-4H3,(H,20,25). The van der Waals surface area contributed by atoms with Gasteiger partial charge < -0.3 is 24.3 Å². The maximum Gasteiger partial charge on any atom is 0.234 e. The molecule has 0 spiro atoms. The van der Waals surface area contributed by atoms with Crippen molar-refractivity contribution in [3.8, 4) is 28.7 Å². The first-order valence-corrected chi connectivity index (χ1v) is 9.73. The fourth-order valence-corrected chi connectivity index (χ4v) is 3.29. The molecule has 0 bridgehead atoms. The molecule has 0 atom stereocenters. The minimum absolute atomic E-state index is 0.0764. The second kappa shape index (κ2) is 9.83. The van der Waals surface area contributed by atoms with Crippen molar-refractivity contribution < 1.29 is 23.7 Å². The molecule has 0 fully saturated rings. The average Bonchev–Trinajstić information content (AvgIpc) is 3.25. The molecular formula is C19H21N5O5S. The quantitative estimate of drug-likeness (QED) is 0.511. The number of benzene rings is 2. The van der Waals surface area contributed by atoms with Gasteiger partial charge >= 0.3 is 0 Å². The Morgan fingerprint density at radius 3 is 2.30 bits per heavy atom. The summed E-state index contributed by atoms with van der Waals surface area (Å²) in [4.78, 5) is 12.5. The van der Waals surface area contributed by atoms with Gasteiger partial charge in [0.2, 0.25) is 11.1 Å². The highest BCUT2D eigenvalue weighted by Gasteiger charge is 2.17. The van der Waals surface area contributed by atoms with Gasteiger partial charge in [0.25, 0.3) is 0 Å². The number of tetrazole rings is 1. The molecule has 0 radical (unpaired) electrons. The average molecular weight is 431 g/mol. The minimum atomic E-state index is -0.251. The highest BCUT2D eigenvalue weighted by molar-refractivity contribution is 7.99. The molecule has 1 N–H and O–H groups in total. The molecule has 3 aromatic rings. The first-order valence-electron chi connectivity index (χ1n) is 8.75. The Hall–Kier alpha value is -3.47. The molecule has 158 valence electrons. The summed E-state index contributed by atoms with van der Waals surface area (Å²) < 4.78 is 22.6. The molecule has 10 nitrogen and oxygen atoms in total. The van der Waals surface area contributed by atoms with Gasteiger partial charge in [0.1, 0.15) is 28.7 Å². The van der Waals surface area contributed by atoms with E-state index < -0.39 is 0 Å². The van der Waals surface area contributed by atoms with Crippen molar-refractivity contribution in [2.45, 2.75) is 5.16 Å². The van der Waals surface area contributed by atoms with Gasteiger partial charge in [0.05, 0.1) is 39.9 Å². The Morgan fingerprint density at radius 2 is 1.63 bits per heavy atom. The molecule has 0 saturated carbocycles. The van der Waals surface area contributed by atoms with Crippen LogP contribution in [0.3, 0.4) is 0 Å². The van der Waals surface area contributed by atoms with Gasteiger partial charge in [-0.15, -0.1) is 5.10 Å². The summed E-state index contributed by atoms with van der Waals surface area (Å²) in [6, 6.07) is 10.4. The van der Waals surface area contributed by atoms with E-state index in [2.05, 4.69) is 20.8 Å². The minimum Gasteiger partial charge on any atom is -0.497 e. The Balaban J connectivity index is 1.74. The van der Waals surface area contributed by atoms with Gasteiger partial charge in [0, 0.05) is 12.1 Å². The molecule has 0 unspecified atom stereocenters. The summed E-state index contributed by atoms with van der Waals surface area (Å²) in [7, 11) is 6.20. The molecule has 1 amide bonds. The van der Waals surface area contributed by atoms with Gasteiger partial charge in [-0.25, -0.2) is 0 Å². The first-order chi connectivity index (χ1) is 14.6. The number of carbonyl (C=O) groups is 1. The van der Waals surface area contributed by atoms with Gasteiger partial charge in [-0.05, 0) is 34.7 Å². The van der Waals surface area contributed by atoms with Crippen molar-refractivity contribution in [3.05, 3.63) is 36.4 Å². The van der Waals surface area contributed by atoms with E-state index in [4.69, 9.17) is 18.9 Å². The fraction of sp³-hybridized carbons (Fsp3) is 0.263. The largest absolute Gasteiger partial charge is 0.497 e. The number of hydrogen-bond acceptors (Lipinski definition) is 9. The number of thioether (sulfide) groups is 1. The highest BCUT2D eigenvalue weighted by atomic mass is 32.2. The number of ether oxygens (including phenoxy) is 4. The van der Waals surface area contributed by atoms with E-state index in [9.17, 15) is 4.79 Å². The lowest BCUT2D eigenvalue weighted by molar-refractivity contribution is -0.113. The zero-order chi connectivity index (χ0) is 21.5. The molecular weight excluding hydrogens is 410 g/mol. The third-order valence-corrected chi connectivity index (χ3v) is 4.99. The zero-order valence-electron chi connectivity index (χ0n) is 16.9. The van der Waals surface area contributed by atoms with E-state index in [0.717, 1.165) is 0 Å². The van der Waals surface area contributed by atoms with Crippen molar-refractivity contribution in [3.63, 3.8) is 0 Å². The molecule has 0 aliphatic heterocycles. The normalized spacial score (nSPS) is 10.4. The van der Waals surface area contributed by atoms with Crippen LogP contribution in [0.2, 0.25) is 0 Å². The van der Waals surface area contributed by atoms with Crippen LogP contribution in [-0.2, 0) is 4.79 Å². The SMILES string of the molecule is COc1ccc(OC)c(NC(=O)CSc2nnnn2-c2cc(OC)ccc2OC)c1. The van der Waals surface area contributed by atoms with Crippen molar-refractivity contribution in [2.75, 3.05) is 39.5 Å². The van der Waals surface area contributed by atoms with Crippen LogP contribution in [0.5, 0.6) is 23.0 Å². The number of amides is 1. The van der Waals surface area contributed by atoms with Crippen LogP contribution in [0, 0.1) is 0 Å². The second-order valence-corrected chi connectivity index (χ2v) is 6.76. The Bertz CT molecular complexity index is 1030. The van der Waals surface area contributed by atoms with Crippen molar-refractivity contribution >= 4 is 23.4 Å². The lowest BCUT2D eigenvalue weighted by atomic mass is 10.2. The number of methoxy groups -OCH3 is 4. The van der Waals surface area contributed by atoms with E-state index in [0.29, 0.717) is 39.5 Å². The fourth-order valence-electron chi connectivity index (χ4n) is 2.61. The highest BCUT2D eigenvalue weighted by Crippen LogP contribution is 2.31. The van der Waals surface area contributed by atoms with Crippen LogP contribution in [0.15, 0.2) is 41.6 Å². The maximum absolute atomic E-state index is 12.5. The molecule has 0 aliphatic rings. The van der Waals surface area contributed by atoms with Gasteiger partial charge in [-0.3, -0.25) is 4.79 Å². The third kappa shape index (κ3) is 4.74. The maximum atomic E-state index is 12.5. The van der Waals surface area contributed by atoms with Crippen molar-refractivity contribution in [2.24, 2.45) is 0 Å². The molecule has 30 heavy (non-hydrogen) atoms. The van der Waals surface area contributed by atoms with Crippen LogP contribution in [0.4, 0.5) is 5.69 Å². The van der Waals surface area contributed by atoms with E-state index in [1.165, 1.54) is 23.6 Å². The summed E-state index contributed by atoms with van der Waals surface area (Å²) in [5.41, 5.74) is 1.11. The van der Waals surface area contributed by atoms with Crippen LogP contribution < -0.4 is 24.3 Å². The second-order valence-electron chi connectivity index (χ2n) is 5.81. The first kappa shape index (κ1) is 21.2. The third-order valence-electron chi connectivity index (χ3n) is 4.07. The lowest BCUT2D eigenvalue weighted by Gasteiger charge is -2.12. The number of rotatable bonds is 9. The van der Waals surface area contributed by atoms with E-state index in [1.807, 2.05) is 0 Å². The summed E-state index contributed by atoms with van der Waals surface area (Å²) in [5.74, 6) is 2.15. The number of hydrogen-bond donors (Lipinski definition) is 1. The van der Waals surface area contributed by atoms with E-state index in [1.54, 1.807) is 57.7 Å². The number of carbonyl (C=O) groups excluding carboxylic acids is 1. The number of nitrogens with one attached hydrogen (secondary N) is 1. The topological polar surface area (TPSA) is 110 Å². The Morgan fingerprint density at radius 1 is 0.967 bits per heavy atom. The van der Waals surface area contributed by atoms with Crippen molar-refractivity contribution in [1.82, 2.24) is 20.2 Å². The van der Waals surface area contributed by atoms with Gasteiger partial charge in [-0.2, -0.15) is 4.68 Å². The predicted octanol–water partition coefficient (Wildman–Crippen LogP) is 2.43. The molecule has 2 aromatic carbocycles. The molecule has 1 heterocycles. The number of aromatic nitrogens is 4. The molecule has 0 saturated heterocycles. The summed E-state index contributed by atoms with van der Waals surface area (Å²) in [5, 5.41) is 15.0. The summed E-state index contributed by atoms with van der Waals surface area (Å²) in [6.45, 7) is 0. The molecule has 1 aromatic heterocycles. The zero-order valence-corrected chi connectivity index (χ0v) is 17.7. The predicted molar refractivity (Wildman–Crippen MR) is 111 cm³/mol. The Labute approximate surface area is 177 Å². The smallest absolute Gasteiger partial charge is 0.234 e. The Kier molecular flexibility index (Phi) is 6.96. The summed E-state index contributed by atoms with van der Waals surface area (Å²) >= 11 is 1.18. The molecule has 11 heteroatoms. The van der Waals surface area contributed by atoms with Crippen molar-refractivity contribution in [1.29, 1.82) is 0 Å². The molecule has 3 rings (SSSR count). The van der Waals surface area contributed by atoms with Crippen LogP contribution in [0.25, 0.3) is 5.69 Å². The number of nitrogens with zero attached hydrogens (tertiary/aromatic N) is 4. The van der Waals surface area contributed by atoms with Crippen LogP contribution in [0.1, 0.15) is 0 Å². The van der Waals surface area contributed by atoms with Gasteiger partial charge in [-0.1, -0.05) is 11.8 Å². The lowest BCUT2D eigenvalue weighted by Crippen LogP contribution is -2.15. The number of anilines is 1. The molecule has 0 aliphatic carbocycles. The van der Waals surface area contributed by atoms with E-state index in [-0.39, 0.29) is 11.7 Å². The monoisotopic (exact) mass is 431 g/mol. The van der Waals surface area contributed by atoms with E-state index >= 15 is 0 Å². The van der Waals surface area contributed by atoms with Crippen LogP contribution >= 0.6 is 11.8 Å². The van der Waals surface area contributed by atoms with Crippen LogP contribution in [-0.4, -0.2) is 60.3 Å². The summed E-state index contributed by atoms with van der Waals surface area (Å²) in [6.07, 6.45) is 0.